The molecule has 5 rings (SSSR count). The number of piperazine rings is 1. The minimum Gasteiger partial charge on any atom is -0.302 e. The average Bonchev–Trinajstić information content (AvgIpc) is 3.42. The second-order valence-electron chi connectivity index (χ2n) is 11.9. The van der Waals surface area contributed by atoms with Crippen LogP contribution in [0.1, 0.15) is 49.3 Å². The molecule has 1 aliphatic heterocycles. The van der Waals surface area contributed by atoms with Crippen molar-refractivity contribution in [3.8, 4) is 5.69 Å². The standard InChI is InChI=1S/C36H46ClN5/c1-4-39(20-19-33-28-35(27-29(2)3)42(38-33)34-13-9-6-10-14-34)21-22-40-23-25-41(26-24-40)36(30-11-7-5-8-12-30)31-15-17-32(37)18-16-31/h5-18,28-29,36H,4,19-27H2,1-3H3. The molecule has 5 nitrogen and oxygen atoms in total. The van der Waals surface area contributed by atoms with E-state index in [1.807, 2.05) is 12.1 Å². The fourth-order valence-electron chi connectivity index (χ4n) is 6.08. The highest BCUT2D eigenvalue weighted by Gasteiger charge is 2.26. The summed E-state index contributed by atoms with van der Waals surface area (Å²) in [5.41, 5.74) is 6.30. The molecule has 0 saturated carbocycles. The Labute approximate surface area is 257 Å². The highest BCUT2D eigenvalue weighted by atomic mass is 35.5. The third-order valence-corrected chi connectivity index (χ3v) is 8.64. The predicted molar refractivity (Wildman–Crippen MR) is 176 cm³/mol. The van der Waals surface area contributed by atoms with Gasteiger partial charge < -0.3 is 4.90 Å². The summed E-state index contributed by atoms with van der Waals surface area (Å²) in [6.45, 7) is 15.4. The number of rotatable bonds is 13. The monoisotopic (exact) mass is 583 g/mol. The van der Waals surface area contributed by atoms with Gasteiger partial charge in [-0.05, 0) is 60.3 Å². The van der Waals surface area contributed by atoms with E-state index in [2.05, 4.69) is 119 Å². The van der Waals surface area contributed by atoms with E-state index in [9.17, 15) is 0 Å². The number of aromatic nitrogens is 2. The van der Waals surface area contributed by atoms with Gasteiger partial charge in [-0.15, -0.1) is 0 Å². The van der Waals surface area contributed by atoms with Gasteiger partial charge >= 0.3 is 0 Å². The third-order valence-electron chi connectivity index (χ3n) is 8.39. The van der Waals surface area contributed by atoms with E-state index in [1.54, 1.807) is 0 Å². The lowest BCUT2D eigenvalue weighted by molar-refractivity contribution is 0.0999. The quantitative estimate of drug-likeness (QED) is 0.169. The summed E-state index contributed by atoms with van der Waals surface area (Å²) < 4.78 is 2.15. The second-order valence-corrected chi connectivity index (χ2v) is 12.3. The van der Waals surface area contributed by atoms with E-state index in [4.69, 9.17) is 16.7 Å². The van der Waals surface area contributed by atoms with Gasteiger partial charge in [0, 0.05) is 63.0 Å². The van der Waals surface area contributed by atoms with Crippen LogP contribution in [0.3, 0.4) is 0 Å². The van der Waals surface area contributed by atoms with Crippen molar-refractivity contribution in [1.29, 1.82) is 0 Å². The zero-order chi connectivity index (χ0) is 29.3. The van der Waals surface area contributed by atoms with E-state index >= 15 is 0 Å². The zero-order valence-electron chi connectivity index (χ0n) is 25.5. The fourth-order valence-corrected chi connectivity index (χ4v) is 6.20. The first kappa shape index (κ1) is 30.5. The lowest BCUT2D eigenvalue weighted by atomic mass is 9.96. The lowest BCUT2D eigenvalue weighted by Gasteiger charge is -2.40. The molecule has 42 heavy (non-hydrogen) atoms. The summed E-state index contributed by atoms with van der Waals surface area (Å²) in [4.78, 5) is 7.84. The molecule has 3 aromatic carbocycles. The van der Waals surface area contributed by atoms with Crippen LogP contribution in [0.25, 0.3) is 5.69 Å². The molecule has 1 aromatic heterocycles. The Morgan fingerprint density at radius 1 is 0.810 bits per heavy atom. The van der Waals surface area contributed by atoms with Crippen molar-refractivity contribution < 1.29 is 0 Å². The number of halogens is 1. The summed E-state index contributed by atoms with van der Waals surface area (Å²) in [6, 6.07) is 32.4. The van der Waals surface area contributed by atoms with E-state index in [0.29, 0.717) is 5.92 Å². The molecule has 4 aromatic rings. The molecule has 0 amide bonds. The maximum atomic E-state index is 6.22. The van der Waals surface area contributed by atoms with Crippen molar-refractivity contribution in [2.75, 3.05) is 52.4 Å². The molecule has 1 fully saturated rings. The lowest BCUT2D eigenvalue weighted by Crippen LogP contribution is -2.49. The Morgan fingerprint density at radius 2 is 1.45 bits per heavy atom. The number of hydrogen-bond acceptors (Lipinski definition) is 4. The Hall–Kier alpha value is -2.96. The normalized spacial score (nSPS) is 15.5. The molecule has 0 N–H and O–H groups in total. The number of likely N-dealkylation sites (N-methyl/N-ethyl adjacent to an activating group) is 1. The molecule has 0 bridgehead atoms. The summed E-state index contributed by atoms with van der Waals surface area (Å²) in [5, 5.41) is 5.82. The van der Waals surface area contributed by atoms with Gasteiger partial charge in [0.05, 0.1) is 17.4 Å². The van der Waals surface area contributed by atoms with Crippen LogP contribution in [-0.2, 0) is 12.8 Å². The highest BCUT2D eigenvalue weighted by Crippen LogP contribution is 2.30. The van der Waals surface area contributed by atoms with E-state index in [1.165, 1.54) is 22.5 Å². The van der Waals surface area contributed by atoms with Crippen LogP contribution in [0.5, 0.6) is 0 Å². The number of hydrogen-bond donors (Lipinski definition) is 0. The summed E-state index contributed by atoms with van der Waals surface area (Å²) in [5.74, 6) is 0.596. The Balaban J connectivity index is 1.15. The number of benzene rings is 3. The van der Waals surface area contributed by atoms with Gasteiger partial charge in [-0.1, -0.05) is 93.0 Å². The van der Waals surface area contributed by atoms with Gasteiger partial charge in [-0.2, -0.15) is 5.10 Å². The maximum Gasteiger partial charge on any atom is 0.0648 e. The van der Waals surface area contributed by atoms with Crippen molar-refractivity contribution in [1.82, 2.24) is 24.5 Å². The maximum absolute atomic E-state index is 6.22. The van der Waals surface area contributed by atoms with E-state index < -0.39 is 0 Å². The van der Waals surface area contributed by atoms with E-state index in [-0.39, 0.29) is 6.04 Å². The molecule has 222 valence electrons. The minimum absolute atomic E-state index is 0.258. The molecule has 1 saturated heterocycles. The summed E-state index contributed by atoms with van der Waals surface area (Å²) in [7, 11) is 0. The van der Waals surface area contributed by atoms with Crippen molar-refractivity contribution in [3.63, 3.8) is 0 Å². The SMILES string of the molecule is CCN(CCc1cc(CC(C)C)n(-c2ccccc2)n1)CCN1CCN(C(c2ccccc2)c2ccc(Cl)cc2)CC1. The second kappa shape index (κ2) is 15.0. The van der Waals surface area contributed by atoms with Crippen LogP contribution in [0, 0.1) is 5.92 Å². The van der Waals surface area contributed by atoms with Crippen LogP contribution < -0.4 is 0 Å². The van der Waals surface area contributed by atoms with Gasteiger partial charge in [-0.25, -0.2) is 4.68 Å². The molecule has 0 spiro atoms. The molecule has 1 unspecified atom stereocenters. The molecule has 0 radical (unpaired) electrons. The minimum atomic E-state index is 0.258. The van der Waals surface area contributed by atoms with Gasteiger partial charge in [0.25, 0.3) is 0 Å². The molecule has 2 heterocycles. The predicted octanol–water partition coefficient (Wildman–Crippen LogP) is 7.00. The summed E-state index contributed by atoms with van der Waals surface area (Å²) in [6.07, 6.45) is 2.01. The molecule has 1 aliphatic rings. The number of para-hydroxylation sites is 1. The van der Waals surface area contributed by atoms with Gasteiger partial charge in [0.15, 0.2) is 0 Å². The van der Waals surface area contributed by atoms with Gasteiger partial charge in [0.2, 0.25) is 0 Å². The number of nitrogens with zero attached hydrogens (tertiary/aromatic N) is 5. The van der Waals surface area contributed by atoms with Gasteiger partial charge in [-0.3, -0.25) is 9.80 Å². The van der Waals surface area contributed by atoms with Crippen LogP contribution in [0.4, 0.5) is 0 Å². The van der Waals surface area contributed by atoms with Crippen LogP contribution in [-0.4, -0.2) is 76.8 Å². The molecular weight excluding hydrogens is 538 g/mol. The molecular formula is C36H46ClN5. The van der Waals surface area contributed by atoms with E-state index in [0.717, 1.165) is 75.9 Å². The first-order chi connectivity index (χ1) is 20.5. The highest BCUT2D eigenvalue weighted by molar-refractivity contribution is 6.30. The van der Waals surface area contributed by atoms with Crippen molar-refractivity contribution >= 4 is 11.6 Å². The first-order valence-corrected chi connectivity index (χ1v) is 16.0. The largest absolute Gasteiger partial charge is 0.302 e. The van der Waals surface area contributed by atoms with Crippen molar-refractivity contribution in [3.05, 3.63) is 119 Å². The van der Waals surface area contributed by atoms with Crippen molar-refractivity contribution in [2.45, 2.75) is 39.7 Å². The van der Waals surface area contributed by atoms with Crippen LogP contribution in [0.15, 0.2) is 91.0 Å². The Morgan fingerprint density at radius 3 is 2.10 bits per heavy atom. The molecule has 0 aliphatic carbocycles. The Bertz CT molecular complexity index is 1340. The van der Waals surface area contributed by atoms with Crippen molar-refractivity contribution in [2.24, 2.45) is 5.92 Å². The van der Waals surface area contributed by atoms with Crippen LogP contribution in [0.2, 0.25) is 5.02 Å². The molecule has 1 atom stereocenters. The summed E-state index contributed by atoms with van der Waals surface area (Å²) >= 11 is 6.22. The molecule has 6 heteroatoms. The Kier molecular flexibility index (Phi) is 10.9. The topological polar surface area (TPSA) is 27.5 Å². The average molecular weight is 584 g/mol. The zero-order valence-corrected chi connectivity index (χ0v) is 26.3. The van der Waals surface area contributed by atoms with Gasteiger partial charge in [0.1, 0.15) is 0 Å². The smallest absolute Gasteiger partial charge is 0.0648 e. The van der Waals surface area contributed by atoms with Crippen LogP contribution >= 0.6 is 11.6 Å². The first-order valence-electron chi connectivity index (χ1n) is 15.6. The third kappa shape index (κ3) is 8.11. The fraction of sp³-hybridized carbons (Fsp3) is 0.417.